The van der Waals surface area contributed by atoms with Gasteiger partial charge in [0.2, 0.25) is 5.91 Å². The predicted octanol–water partition coefficient (Wildman–Crippen LogP) is 2.70. The second-order valence-electron chi connectivity index (χ2n) is 6.18. The number of carbonyl (C=O) groups is 1. The van der Waals surface area contributed by atoms with Crippen LogP contribution in [0, 0.1) is 5.92 Å². The molecule has 2 aromatic heterocycles. The number of hydrogen-bond donors (Lipinski definition) is 0. The van der Waals surface area contributed by atoms with Crippen molar-refractivity contribution in [3.05, 3.63) is 42.2 Å². The number of nitrogens with zero attached hydrogens (tertiary/aromatic N) is 3. The van der Waals surface area contributed by atoms with Crippen molar-refractivity contribution >= 4 is 5.91 Å². The fourth-order valence-corrected chi connectivity index (χ4v) is 3.08. The summed E-state index contributed by atoms with van der Waals surface area (Å²) in [6.07, 6.45) is 5.01. The van der Waals surface area contributed by atoms with E-state index < -0.39 is 0 Å². The van der Waals surface area contributed by atoms with Crippen molar-refractivity contribution in [2.45, 2.75) is 32.4 Å². The SMILES string of the molecule is CC(c1ccon1)N(C)C(=O)C1CCN(Cc2ccco2)CC1. The molecule has 1 unspecified atom stereocenters. The lowest BCUT2D eigenvalue weighted by Crippen LogP contribution is -2.41. The van der Waals surface area contributed by atoms with E-state index in [9.17, 15) is 4.79 Å². The molecule has 3 heterocycles. The summed E-state index contributed by atoms with van der Waals surface area (Å²) in [6, 6.07) is 5.64. The first kappa shape index (κ1) is 15.8. The lowest BCUT2D eigenvalue weighted by Gasteiger charge is -2.34. The van der Waals surface area contributed by atoms with Crippen LogP contribution in [0.1, 0.15) is 37.3 Å². The quantitative estimate of drug-likeness (QED) is 0.848. The standard InChI is InChI=1S/C17H23N3O3/c1-13(16-7-11-23-18-16)19(2)17(21)14-5-8-20(9-6-14)12-15-4-3-10-22-15/h3-4,7,10-11,13-14H,5-6,8-9,12H2,1-2H3. The van der Waals surface area contributed by atoms with E-state index in [2.05, 4.69) is 10.1 Å². The fourth-order valence-electron chi connectivity index (χ4n) is 3.08. The van der Waals surface area contributed by atoms with E-state index in [-0.39, 0.29) is 17.9 Å². The Labute approximate surface area is 136 Å². The zero-order valence-electron chi connectivity index (χ0n) is 13.6. The number of rotatable bonds is 5. The van der Waals surface area contributed by atoms with Gasteiger partial charge in [-0.3, -0.25) is 9.69 Å². The maximum atomic E-state index is 12.7. The number of amides is 1. The van der Waals surface area contributed by atoms with Gasteiger partial charge in [-0.1, -0.05) is 5.16 Å². The minimum Gasteiger partial charge on any atom is -0.468 e. The van der Waals surface area contributed by atoms with Gasteiger partial charge < -0.3 is 13.8 Å². The maximum Gasteiger partial charge on any atom is 0.226 e. The minimum absolute atomic E-state index is 0.0672. The van der Waals surface area contributed by atoms with Gasteiger partial charge in [-0.25, -0.2) is 0 Å². The summed E-state index contributed by atoms with van der Waals surface area (Å²) in [5.74, 6) is 1.26. The summed E-state index contributed by atoms with van der Waals surface area (Å²) in [4.78, 5) is 16.8. The molecule has 0 N–H and O–H groups in total. The molecule has 0 radical (unpaired) electrons. The van der Waals surface area contributed by atoms with Gasteiger partial charge in [0.25, 0.3) is 0 Å². The Bertz CT molecular complexity index is 601. The van der Waals surface area contributed by atoms with Gasteiger partial charge in [-0.05, 0) is 45.0 Å². The van der Waals surface area contributed by atoms with Gasteiger partial charge in [0, 0.05) is 19.0 Å². The van der Waals surface area contributed by atoms with E-state index in [4.69, 9.17) is 8.94 Å². The van der Waals surface area contributed by atoms with Gasteiger partial charge in [-0.15, -0.1) is 0 Å². The molecule has 1 fully saturated rings. The van der Waals surface area contributed by atoms with E-state index in [1.165, 1.54) is 6.26 Å². The van der Waals surface area contributed by atoms with Crippen molar-refractivity contribution in [3.8, 4) is 0 Å². The van der Waals surface area contributed by atoms with Gasteiger partial charge >= 0.3 is 0 Å². The lowest BCUT2D eigenvalue weighted by molar-refractivity contribution is -0.137. The van der Waals surface area contributed by atoms with Crippen LogP contribution in [0.25, 0.3) is 0 Å². The van der Waals surface area contributed by atoms with Crippen LogP contribution < -0.4 is 0 Å². The third kappa shape index (κ3) is 3.64. The third-order valence-corrected chi connectivity index (χ3v) is 4.71. The van der Waals surface area contributed by atoms with E-state index in [0.29, 0.717) is 0 Å². The van der Waals surface area contributed by atoms with Crippen molar-refractivity contribution in [2.24, 2.45) is 5.92 Å². The highest BCUT2D eigenvalue weighted by atomic mass is 16.5. The monoisotopic (exact) mass is 317 g/mol. The van der Waals surface area contributed by atoms with Crippen LogP contribution >= 0.6 is 0 Å². The molecule has 6 nitrogen and oxygen atoms in total. The Kier molecular flexibility index (Phi) is 4.81. The highest BCUT2D eigenvalue weighted by Crippen LogP contribution is 2.25. The largest absolute Gasteiger partial charge is 0.468 e. The molecular formula is C17H23N3O3. The zero-order valence-corrected chi connectivity index (χ0v) is 13.6. The van der Waals surface area contributed by atoms with Crippen LogP contribution in [-0.4, -0.2) is 41.0 Å². The molecule has 1 amide bonds. The summed E-state index contributed by atoms with van der Waals surface area (Å²) in [6.45, 7) is 4.63. The molecule has 0 saturated carbocycles. The summed E-state index contributed by atoms with van der Waals surface area (Å²) in [7, 11) is 1.84. The molecular weight excluding hydrogens is 294 g/mol. The first-order valence-corrected chi connectivity index (χ1v) is 8.07. The topological polar surface area (TPSA) is 62.7 Å². The number of furan rings is 1. The van der Waals surface area contributed by atoms with Crippen LogP contribution in [0.5, 0.6) is 0 Å². The van der Waals surface area contributed by atoms with Crippen LogP contribution in [-0.2, 0) is 11.3 Å². The van der Waals surface area contributed by atoms with Gasteiger partial charge in [0.15, 0.2) is 0 Å². The second kappa shape index (κ2) is 7.00. The van der Waals surface area contributed by atoms with Crippen molar-refractivity contribution < 1.29 is 13.7 Å². The van der Waals surface area contributed by atoms with Crippen molar-refractivity contribution in [1.29, 1.82) is 0 Å². The Hall–Kier alpha value is -2.08. The van der Waals surface area contributed by atoms with E-state index in [1.807, 2.05) is 26.1 Å². The number of aromatic nitrogens is 1. The lowest BCUT2D eigenvalue weighted by atomic mass is 9.94. The molecule has 1 aliphatic rings. The van der Waals surface area contributed by atoms with Crippen LogP contribution in [0.15, 0.2) is 39.7 Å². The molecule has 23 heavy (non-hydrogen) atoms. The highest BCUT2D eigenvalue weighted by molar-refractivity contribution is 5.79. The Morgan fingerprint density at radius 1 is 1.39 bits per heavy atom. The molecule has 0 bridgehead atoms. The predicted molar refractivity (Wildman–Crippen MR) is 84.4 cm³/mol. The number of piperidine rings is 1. The summed E-state index contributed by atoms with van der Waals surface area (Å²) in [5, 5.41) is 3.93. The molecule has 0 spiro atoms. The summed E-state index contributed by atoms with van der Waals surface area (Å²) < 4.78 is 10.3. The van der Waals surface area contributed by atoms with Crippen molar-refractivity contribution in [2.75, 3.05) is 20.1 Å². The molecule has 1 saturated heterocycles. The Morgan fingerprint density at radius 2 is 2.17 bits per heavy atom. The van der Waals surface area contributed by atoms with Gasteiger partial charge in [0.1, 0.15) is 17.7 Å². The molecule has 2 aromatic rings. The number of carbonyl (C=O) groups excluding carboxylic acids is 1. The van der Waals surface area contributed by atoms with E-state index >= 15 is 0 Å². The Balaban J connectivity index is 1.51. The van der Waals surface area contributed by atoms with E-state index in [1.54, 1.807) is 17.2 Å². The minimum atomic E-state index is -0.0672. The molecule has 1 aliphatic heterocycles. The molecule has 0 aromatic carbocycles. The van der Waals surface area contributed by atoms with Crippen molar-refractivity contribution in [3.63, 3.8) is 0 Å². The number of likely N-dealkylation sites (tertiary alicyclic amines) is 1. The average molecular weight is 317 g/mol. The smallest absolute Gasteiger partial charge is 0.226 e. The van der Waals surface area contributed by atoms with E-state index in [0.717, 1.165) is 43.9 Å². The van der Waals surface area contributed by atoms with Crippen LogP contribution in [0.2, 0.25) is 0 Å². The normalized spacial score (nSPS) is 18.0. The molecule has 1 atom stereocenters. The average Bonchev–Trinajstić information content (AvgIpc) is 3.27. The first-order chi connectivity index (χ1) is 11.1. The third-order valence-electron chi connectivity index (χ3n) is 4.71. The van der Waals surface area contributed by atoms with Crippen LogP contribution in [0.4, 0.5) is 0 Å². The highest BCUT2D eigenvalue weighted by Gasteiger charge is 2.30. The first-order valence-electron chi connectivity index (χ1n) is 8.07. The molecule has 0 aliphatic carbocycles. The van der Waals surface area contributed by atoms with Gasteiger partial charge in [-0.2, -0.15) is 0 Å². The fraction of sp³-hybridized carbons (Fsp3) is 0.529. The van der Waals surface area contributed by atoms with Gasteiger partial charge in [0.05, 0.1) is 18.8 Å². The molecule has 3 rings (SSSR count). The zero-order chi connectivity index (χ0) is 16.2. The number of hydrogen-bond acceptors (Lipinski definition) is 5. The molecule has 6 heteroatoms. The summed E-state index contributed by atoms with van der Waals surface area (Å²) >= 11 is 0. The van der Waals surface area contributed by atoms with Crippen molar-refractivity contribution in [1.82, 2.24) is 15.0 Å². The Morgan fingerprint density at radius 3 is 2.78 bits per heavy atom. The maximum absolute atomic E-state index is 12.7. The molecule has 124 valence electrons. The summed E-state index contributed by atoms with van der Waals surface area (Å²) in [5.41, 5.74) is 0.788. The second-order valence-corrected chi connectivity index (χ2v) is 6.18. The van der Waals surface area contributed by atoms with Crippen LogP contribution in [0.3, 0.4) is 0 Å².